The van der Waals surface area contributed by atoms with E-state index in [2.05, 4.69) is 31.9 Å². The Morgan fingerprint density at radius 3 is 2.82 bits per heavy atom. The Hall–Kier alpha value is -0.0600. The van der Waals surface area contributed by atoms with E-state index in [-0.39, 0.29) is 5.91 Å². The van der Waals surface area contributed by atoms with Gasteiger partial charge in [0.1, 0.15) is 0 Å². The number of hydrogen-bond donors (Lipinski definition) is 0. The van der Waals surface area contributed by atoms with Gasteiger partial charge in [0, 0.05) is 33.5 Å². The minimum Gasteiger partial charge on any atom is -0.338 e. The topological polar surface area (TPSA) is 20.3 Å². The standard InChI is InChI=1S/C12H12Br2ClNO/c13-6-8-1-2-16(7-8)12(17)9-3-10(14)5-11(15)4-9/h3-5,8H,1-2,6-7H2. The molecule has 1 atom stereocenters. The first-order valence-electron chi connectivity index (χ1n) is 5.41. The molecule has 1 amide bonds. The molecular weight excluding hydrogens is 369 g/mol. The first kappa shape index (κ1) is 13.4. The first-order valence-corrected chi connectivity index (χ1v) is 7.70. The number of hydrogen-bond acceptors (Lipinski definition) is 1. The highest BCUT2D eigenvalue weighted by atomic mass is 79.9. The molecule has 17 heavy (non-hydrogen) atoms. The van der Waals surface area contributed by atoms with Gasteiger partial charge in [-0.2, -0.15) is 0 Å². The maximum atomic E-state index is 12.2. The summed E-state index contributed by atoms with van der Waals surface area (Å²) >= 11 is 12.8. The highest BCUT2D eigenvalue weighted by Crippen LogP contribution is 2.24. The normalized spacial score (nSPS) is 19.7. The van der Waals surface area contributed by atoms with Gasteiger partial charge in [0.2, 0.25) is 0 Å². The van der Waals surface area contributed by atoms with E-state index < -0.39 is 0 Å². The van der Waals surface area contributed by atoms with Crippen LogP contribution in [0.3, 0.4) is 0 Å². The molecule has 1 aromatic rings. The average molecular weight is 381 g/mol. The summed E-state index contributed by atoms with van der Waals surface area (Å²) in [6.45, 7) is 1.66. The van der Waals surface area contributed by atoms with Crippen molar-refractivity contribution in [2.75, 3.05) is 18.4 Å². The van der Waals surface area contributed by atoms with Gasteiger partial charge < -0.3 is 4.90 Å². The third kappa shape index (κ3) is 3.24. The summed E-state index contributed by atoms with van der Waals surface area (Å²) in [5.74, 6) is 0.637. The van der Waals surface area contributed by atoms with Crippen LogP contribution in [0.4, 0.5) is 0 Å². The van der Waals surface area contributed by atoms with Gasteiger partial charge in [-0.15, -0.1) is 0 Å². The van der Waals surface area contributed by atoms with Crippen molar-refractivity contribution in [3.63, 3.8) is 0 Å². The molecule has 0 spiro atoms. The van der Waals surface area contributed by atoms with Gasteiger partial charge in [0.25, 0.3) is 5.91 Å². The van der Waals surface area contributed by atoms with E-state index in [0.717, 1.165) is 29.3 Å². The molecule has 0 aliphatic carbocycles. The molecule has 0 N–H and O–H groups in total. The predicted octanol–water partition coefficient (Wildman–Crippen LogP) is 3.96. The smallest absolute Gasteiger partial charge is 0.253 e. The zero-order chi connectivity index (χ0) is 12.4. The number of halogens is 3. The van der Waals surface area contributed by atoms with E-state index >= 15 is 0 Å². The summed E-state index contributed by atoms with van der Waals surface area (Å²) in [6.07, 6.45) is 1.07. The highest BCUT2D eigenvalue weighted by molar-refractivity contribution is 9.10. The molecule has 0 radical (unpaired) electrons. The lowest BCUT2D eigenvalue weighted by atomic mass is 10.2. The van der Waals surface area contributed by atoms with Crippen LogP contribution in [0.15, 0.2) is 22.7 Å². The number of benzene rings is 1. The monoisotopic (exact) mass is 379 g/mol. The Kier molecular flexibility index (Phi) is 4.50. The maximum absolute atomic E-state index is 12.2. The third-order valence-corrected chi connectivity index (χ3v) is 4.49. The first-order chi connectivity index (χ1) is 8.10. The van der Waals surface area contributed by atoms with Crippen LogP contribution in [0.2, 0.25) is 5.02 Å². The SMILES string of the molecule is O=C(c1cc(Cl)cc(Br)c1)N1CCC(CBr)C1. The zero-order valence-electron chi connectivity index (χ0n) is 9.13. The zero-order valence-corrected chi connectivity index (χ0v) is 13.1. The molecule has 2 rings (SSSR count). The van der Waals surface area contributed by atoms with Crippen molar-refractivity contribution in [1.82, 2.24) is 4.90 Å². The van der Waals surface area contributed by atoms with Crippen molar-refractivity contribution >= 4 is 49.4 Å². The van der Waals surface area contributed by atoms with Crippen LogP contribution >= 0.6 is 43.5 Å². The Balaban J connectivity index is 2.14. The maximum Gasteiger partial charge on any atom is 0.253 e. The molecule has 1 unspecified atom stereocenters. The van der Waals surface area contributed by atoms with Crippen LogP contribution in [0.5, 0.6) is 0 Å². The van der Waals surface area contributed by atoms with Crippen molar-refractivity contribution in [1.29, 1.82) is 0 Å². The lowest BCUT2D eigenvalue weighted by Crippen LogP contribution is -2.28. The molecule has 1 heterocycles. The summed E-state index contributed by atoms with van der Waals surface area (Å²) in [5, 5.41) is 1.54. The van der Waals surface area contributed by atoms with Crippen LogP contribution in [0, 0.1) is 5.92 Å². The third-order valence-electron chi connectivity index (χ3n) is 2.90. The van der Waals surface area contributed by atoms with Gasteiger partial charge in [0.05, 0.1) is 0 Å². The number of amides is 1. The van der Waals surface area contributed by atoms with Crippen molar-refractivity contribution in [2.24, 2.45) is 5.92 Å². The van der Waals surface area contributed by atoms with E-state index in [4.69, 9.17) is 11.6 Å². The lowest BCUT2D eigenvalue weighted by Gasteiger charge is -2.16. The van der Waals surface area contributed by atoms with Crippen LogP contribution in [-0.4, -0.2) is 29.2 Å². The Bertz CT molecular complexity index is 418. The predicted molar refractivity (Wildman–Crippen MR) is 77.0 cm³/mol. The number of alkyl halides is 1. The Morgan fingerprint density at radius 2 is 2.24 bits per heavy atom. The number of nitrogens with zero attached hydrogens (tertiary/aromatic N) is 1. The van der Waals surface area contributed by atoms with E-state index in [1.54, 1.807) is 12.1 Å². The second-order valence-electron chi connectivity index (χ2n) is 4.22. The largest absolute Gasteiger partial charge is 0.338 e. The molecule has 0 aromatic heterocycles. The number of likely N-dealkylation sites (tertiary alicyclic amines) is 1. The Morgan fingerprint density at radius 1 is 1.47 bits per heavy atom. The molecule has 92 valence electrons. The minimum absolute atomic E-state index is 0.0663. The Labute approximate surface area is 123 Å². The summed E-state index contributed by atoms with van der Waals surface area (Å²) in [5.41, 5.74) is 0.652. The van der Waals surface area contributed by atoms with E-state index in [0.29, 0.717) is 16.5 Å². The molecule has 1 aliphatic heterocycles. The van der Waals surface area contributed by atoms with E-state index in [1.807, 2.05) is 11.0 Å². The average Bonchev–Trinajstić information content (AvgIpc) is 2.75. The minimum atomic E-state index is 0.0663. The molecule has 5 heteroatoms. The molecule has 1 aromatic carbocycles. The molecule has 0 saturated carbocycles. The quantitative estimate of drug-likeness (QED) is 0.710. The van der Waals surface area contributed by atoms with Gasteiger partial charge in [-0.1, -0.05) is 43.5 Å². The van der Waals surface area contributed by atoms with Crippen molar-refractivity contribution < 1.29 is 4.79 Å². The van der Waals surface area contributed by atoms with Crippen molar-refractivity contribution in [2.45, 2.75) is 6.42 Å². The second kappa shape index (κ2) is 5.72. The van der Waals surface area contributed by atoms with Crippen LogP contribution in [0.25, 0.3) is 0 Å². The highest BCUT2D eigenvalue weighted by Gasteiger charge is 2.26. The molecule has 1 aliphatic rings. The molecule has 1 saturated heterocycles. The summed E-state index contributed by atoms with van der Waals surface area (Å²) < 4.78 is 0.838. The fourth-order valence-electron chi connectivity index (χ4n) is 2.00. The van der Waals surface area contributed by atoms with Gasteiger partial charge >= 0.3 is 0 Å². The van der Waals surface area contributed by atoms with Gasteiger partial charge in [-0.25, -0.2) is 0 Å². The fraction of sp³-hybridized carbons (Fsp3) is 0.417. The summed E-state index contributed by atoms with van der Waals surface area (Å²) in [4.78, 5) is 14.1. The van der Waals surface area contributed by atoms with Crippen molar-refractivity contribution in [3.05, 3.63) is 33.3 Å². The van der Waals surface area contributed by atoms with Gasteiger partial charge in [-0.3, -0.25) is 4.79 Å². The number of carbonyl (C=O) groups is 1. The molecule has 2 nitrogen and oxygen atoms in total. The summed E-state index contributed by atoms with van der Waals surface area (Å²) in [6, 6.07) is 5.31. The number of rotatable bonds is 2. The molecule has 1 fully saturated rings. The van der Waals surface area contributed by atoms with Crippen LogP contribution in [0.1, 0.15) is 16.8 Å². The van der Waals surface area contributed by atoms with Gasteiger partial charge in [-0.05, 0) is 30.5 Å². The second-order valence-corrected chi connectivity index (χ2v) is 6.22. The molecule has 0 bridgehead atoms. The van der Waals surface area contributed by atoms with Crippen molar-refractivity contribution in [3.8, 4) is 0 Å². The fourth-order valence-corrected chi connectivity index (χ4v) is 3.39. The number of carbonyl (C=O) groups excluding carboxylic acids is 1. The summed E-state index contributed by atoms with van der Waals surface area (Å²) in [7, 11) is 0. The van der Waals surface area contributed by atoms with E-state index in [1.165, 1.54) is 0 Å². The molecular formula is C12H12Br2ClNO. The van der Waals surface area contributed by atoms with Gasteiger partial charge in [0.15, 0.2) is 0 Å². The lowest BCUT2D eigenvalue weighted by molar-refractivity contribution is 0.0788. The van der Waals surface area contributed by atoms with Crippen LogP contribution < -0.4 is 0 Å². The van der Waals surface area contributed by atoms with Crippen LogP contribution in [-0.2, 0) is 0 Å². The van der Waals surface area contributed by atoms with E-state index in [9.17, 15) is 4.79 Å².